The van der Waals surface area contributed by atoms with Crippen LogP contribution in [0.25, 0.3) is 0 Å². The summed E-state index contributed by atoms with van der Waals surface area (Å²) in [5, 5.41) is 5.30. The SMILES string of the molecule is CCOC(=O)Nc1cccc(OC(=O)NC(C)(C)CC)c1. The van der Waals surface area contributed by atoms with Crippen LogP contribution in [0.5, 0.6) is 5.75 Å². The van der Waals surface area contributed by atoms with Crippen molar-refractivity contribution in [2.75, 3.05) is 11.9 Å². The predicted octanol–water partition coefficient (Wildman–Crippen LogP) is 3.53. The molecule has 21 heavy (non-hydrogen) atoms. The summed E-state index contributed by atoms with van der Waals surface area (Å²) >= 11 is 0. The van der Waals surface area contributed by atoms with Crippen LogP contribution in [0.2, 0.25) is 0 Å². The lowest BCUT2D eigenvalue weighted by molar-refractivity contribution is 0.168. The zero-order chi connectivity index (χ0) is 15.9. The molecule has 0 saturated carbocycles. The molecule has 0 radical (unpaired) electrons. The summed E-state index contributed by atoms with van der Waals surface area (Å²) in [6.45, 7) is 7.81. The van der Waals surface area contributed by atoms with Gasteiger partial charge in [-0.25, -0.2) is 9.59 Å². The molecule has 1 rings (SSSR count). The van der Waals surface area contributed by atoms with Crippen molar-refractivity contribution in [2.45, 2.75) is 39.7 Å². The monoisotopic (exact) mass is 294 g/mol. The van der Waals surface area contributed by atoms with Gasteiger partial charge in [0.2, 0.25) is 0 Å². The fraction of sp³-hybridized carbons (Fsp3) is 0.467. The zero-order valence-electron chi connectivity index (χ0n) is 12.9. The number of nitrogens with one attached hydrogen (secondary N) is 2. The Bertz CT molecular complexity index is 500. The number of hydrogen-bond acceptors (Lipinski definition) is 4. The minimum atomic E-state index is -0.550. The van der Waals surface area contributed by atoms with E-state index in [0.29, 0.717) is 11.4 Å². The Kier molecular flexibility index (Phi) is 6.02. The van der Waals surface area contributed by atoms with Crippen molar-refractivity contribution in [2.24, 2.45) is 0 Å². The van der Waals surface area contributed by atoms with Crippen molar-refractivity contribution in [3.8, 4) is 5.75 Å². The van der Waals surface area contributed by atoms with E-state index < -0.39 is 12.2 Å². The highest BCUT2D eigenvalue weighted by atomic mass is 16.6. The Morgan fingerprint density at radius 3 is 2.52 bits per heavy atom. The average Bonchev–Trinajstić information content (AvgIpc) is 2.38. The van der Waals surface area contributed by atoms with E-state index in [-0.39, 0.29) is 12.1 Å². The van der Waals surface area contributed by atoms with Gasteiger partial charge < -0.3 is 14.8 Å². The van der Waals surface area contributed by atoms with Crippen molar-refractivity contribution >= 4 is 17.9 Å². The molecule has 1 aromatic carbocycles. The van der Waals surface area contributed by atoms with Crippen molar-refractivity contribution < 1.29 is 19.1 Å². The number of benzene rings is 1. The molecule has 0 unspecified atom stereocenters. The Morgan fingerprint density at radius 2 is 1.90 bits per heavy atom. The summed E-state index contributed by atoms with van der Waals surface area (Å²) in [5.74, 6) is 0.341. The maximum Gasteiger partial charge on any atom is 0.413 e. The van der Waals surface area contributed by atoms with Crippen molar-refractivity contribution in [1.29, 1.82) is 0 Å². The third kappa shape index (κ3) is 6.16. The number of hydrogen-bond donors (Lipinski definition) is 2. The number of carbonyl (C=O) groups excluding carboxylic acids is 2. The molecule has 6 heteroatoms. The van der Waals surface area contributed by atoms with Crippen LogP contribution in [0.15, 0.2) is 24.3 Å². The first-order valence-electron chi connectivity index (χ1n) is 6.90. The van der Waals surface area contributed by atoms with E-state index in [1.54, 1.807) is 31.2 Å². The number of carbonyl (C=O) groups is 2. The van der Waals surface area contributed by atoms with E-state index in [9.17, 15) is 9.59 Å². The van der Waals surface area contributed by atoms with E-state index in [4.69, 9.17) is 9.47 Å². The molecule has 6 nitrogen and oxygen atoms in total. The van der Waals surface area contributed by atoms with Crippen molar-refractivity contribution in [3.05, 3.63) is 24.3 Å². The number of amides is 2. The van der Waals surface area contributed by atoms with Gasteiger partial charge in [-0.3, -0.25) is 5.32 Å². The molecule has 0 bridgehead atoms. The van der Waals surface area contributed by atoms with Gasteiger partial charge in [0, 0.05) is 17.3 Å². The molecule has 0 heterocycles. The first kappa shape index (κ1) is 16.8. The first-order chi connectivity index (χ1) is 9.86. The van der Waals surface area contributed by atoms with Crippen molar-refractivity contribution in [3.63, 3.8) is 0 Å². The van der Waals surface area contributed by atoms with Crippen LogP contribution in [-0.2, 0) is 4.74 Å². The van der Waals surface area contributed by atoms with Gasteiger partial charge in [0.05, 0.1) is 6.61 Å². The van der Waals surface area contributed by atoms with Gasteiger partial charge in [0.1, 0.15) is 5.75 Å². The second-order valence-electron chi connectivity index (χ2n) is 5.13. The molecule has 0 spiro atoms. The molecule has 1 aromatic rings. The molecular formula is C15H22N2O4. The molecule has 0 atom stereocenters. The van der Waals surface area contributed by atoms with Crippen LogP contribution in [-0.4, -0.2) is 24.3 Å². The van der Waals surface area contributed by atoms with Crippen LogP contribution >= 0.6 is 0 Å². The van der Waals surface area contributed by atoms with E-state index in [0.717, 1.165) is 6.42 Å². The van der Waals surface area contributed by atoms with E-state index in [2.05, 4.69) is 10.6 Å². The summed E-state index contributed by atoms with van der Waals surface area (Å²) in [6.07, 6.45) is -0.298. The lowest BCUT2D eigenvalue weighted by Gasteiger charge is -2.23. The standard InChI is InChI=1S/C15H22N2O4/c1-5-15(3,4)17-14(19)21-12-9-7-8-11(10-12)16-13(18)20-6-2/h7-10H,5-6H2,1-4H3,(H,16,18)(H,17,19). The van der Waals surface area contributed by atoms with E-state index in [1.165, 1.54) is 0 Å². The minimum Gasteiger partial charge on any atom is -0.450 e. The summed E-state index contributed by atoms with van der Waals surface area (Å²) in [7, 11) is 0. The van der Waals surface area contributed by atoms with E-state index in [1.807, 2.05) is 20.8 Å². The molecule has 0 fully saturated rings. The first-order valence-corrected chi connectivity index (χ1v) is 6.90. The summed E-state index contributed by atoms with van der Waals surface area (Å²) in [6, 6.07) is 6.54. The normalized spacial score (nSPS) is 10.7. The average molecular weight is 294 g/mol. The Balaban J connectivity index is 2.64. The minimum absolute atomic E-state index is 0.288. The van der Waals surface area contributed by atoms with Crippen molar-refractivity contribution in [1.82, 2.24) is 5.32 Å². The zero-order valence-corrected chi connectivity index (χ0v) is 12.9. The lowest BCUT2D eigenvalue weighted by Crippen LogP contribution is -2.44. The largest absolute Gasteiger partial charge is 0.450 e. The third-order valence-corrected chi connectivity index (χ3v) is 2.89. The maximum atomic E-state index is 11.8. The molecule has 0 aromatic heterocycles. The molecule has 0 aliphatic carbocycles. The van der Waals surface area contributed by atoms with Gasteiger partial charge in [-0.2, -0.15) is 0 Å². The predicted molar refractivity (Wildman–Crippen MR) is 80.6 cm³/mol. The smallest absolute Gasteiger partial charge is 0.413 e. The fourth-order valence-corrected chi connectivity index (χ4v) is 1.42. The van der Waals surface area contributed by atoms with Gasteiger partial charge in [-0.15, -0.1) is 0 Å². The molecule has 2 N–H and O–H groups in total. The van der Waals surface area contributed by atoms with Gasteiger partial charge >= 0.3 is 12.2 Å². The topological polar surface area (TPSA) is 76.7 Å². The molecule has 116 valence electrons. The van der Waals surface area contributed by atoms with Crippen LogP contribution in [0.4, 0.5) is 15.3 Å². The number of anilines is 1. The molecule has 0 aliphatic heterocycles. The van der Waals surface area contributed by atoms with Crippen LogP contribution < -0.4 is 15.4 Å². The molecule has 0 saturated heterocycles. The Labute approximate surface area is 124 Å². The van der Waals surface area contributed by atoms with E-state index >= 15 is 0 Å². The Morgan fingerprint density at radius 1 is 1.19 bits per heavy atom. The highest BCUT2D eigenvalue weighted by Gasteiger charge is 2.19. The summed E-state index contributed by atoms with van der Waals surface area (Å²) in [4.78, 5) is 23.1. The highest BCUT2D eigenvalue weighted by Crippen LogP contribution is 2.18. The number of rotatable bonds is 5. The Hall–Kier alpha value is -2.24. The summed E-state index contributed by atoms with van der Waals surface area (Å²) in [5.41, 5.74) is 0.159. The van der Waals surface area contributed by atoms with Gasteiger partial charge in [-0.1, -0.05) is 13.0 Å². The van der Waals surface area contributed by atoms with Crippen LogP contribution in [0.3, 0.4) is 0 Å². The van der Waals surface area contributed by atoms with Gasteiger partial charge in [0.15, 0.2) is 0 Å². The van der Waals surface area contributed by atoms with Crippen LogP contribution in [0, 0.1) is 0 Å². The second-order valence-corrected chi connectivity index (χ2v) is 5.13. The lowest BCUT2D eigenvalue weighted by atomic mass is 10.0. The summed E-state index contributed by atoms with van der Waals surface area (Å²) < 4.78 is 9.97. The van der Waals surface area contributed by atoms with Gasteiger partial charge in [-0.05, 0) is 39.3 Å². The van der Waals surface area contributed by atoms with Gasteiger partial charge in [0.25, 0.3) is 0 Å². The second kappa shape index (κ2) is 7.52. The molecular weight excluding hydrogens is 272 g/mol. The van der Waals surface area contributed by atoms with Crippen LogP contribution in [0.1, 0.15) is 34.1 Å². The quantitative estimate of drug-likeness (QED) is 0.871. The molecule has 2 amide bonds. The maximum absolute atomic E-state index is 11.8. The number of ether oxygens (including phenoxy) is 2. The fourth-order valence-electron chi connectivity index (χ4n) is 1.42. The third-order valence-electron chi connectivity index (χ3n) is 2.89. The molecule has 0 aliphatic rings. The highest BCUT2D eigenvalue weighted by molar-refractivity contribution is 5.85.